The largest absolute Gasteiger partial charge is 0.453 e. The minimum atomic E-state index is -4.84. The molecule has 1 saturated carbocycles. The van der Waals surface area contributed by atoms with Gasteiger partial charge < -0.3 is 29.5 Å². The van der Waals surface area contributed by atoms with Crippen LogP contribution in [0.1, 0.15) is 82.6 Å². The van der Waals surface area contributed by atoms with E-state index in [9.17, 15) is 32.3 Å². The maximum atomic E-state index is 14.6. The number of rotatable bonds is 6. The van der Waals surface area contributed by atoms with Crippen molar-refractivity contribution >= 4 is 41.5 Å². The molecule has 0 aromatic heterocycles. The van der Waals surface area contributed by atoms with Gasteiger partial charge in [0.05, 0.1) is 34.7 Å². The van der Waals surface area contributed by atoms with Gasteiger partial charge in [0.25, 0.3) is 5.91 Å². The number of thioether (sulfide) groups is 1. The maximum Gasteiger partial charge on any atom is 0.417 e. The molecule has 1 aromatic rings. The van der Waals surface area contributed by atoms with Gasteiger partial charge in [0.15, 0.2) is 0 Å². The van der Waals surface area contributed by atoms with Crippen LogP contribution in [-0.2, 0) is 20.4 Å². The molecule has 4 rings (SSSR count). The van der Waals surface area contributed by atoms with Gasteiger partial charge in [0, 0.05) is 37.1 Å². The topological polar surface area (TPSA) is 108 Å². The van der Waals surface area contributed by atoms with Crippen molar-refractivity contribution in [2.24, 2.45) is 0 Å². The number of ether oxygens (including phenoxy) is 2. The fourth-order valence-electron chi connectivity index (χ4n) is 5.89. The summed E-state index contributed by atoms with van der Waals surface area (Å²) in [7, 11) is 1.20. The lowest BCUT2D eigenvalue weighted by Gasteiger charge is -2.47. The fraction of sp³-hybridized carbons (Fsp3) is 0.667. The molecule has 1 aromatic carbocycles. The Hall–Kier alpha value is -3.16. The van der Waals surface area contributed by atoms with E-state index in [1.54, 1.807) is 34.6 Å². The molecule has 1 saturated heterocycles. The molecule has 1 N–H and O–H groups in total. The van der Waals surface area contributed by atoms with Crippen LogP contribution in [-0.4, -0.2) is 89.5 Å². The molecule has 14 heteroatoms. The highest BCUT2D eigenvalue weighted by molar-refractivity contribution is 8.01. The lowest BCUT2D eigenvalue weighted by atomic mass is 9.82. The highest BCUT2D eigenvalue weighted by atomic mass is 32.2. The van der Waals surface area contributed by atoms with Crippen LogP contribution in [0.4, 0.5) is 28.4 Å². The van der Waals surface area contributed by atoms with Crippen molar-refractivity contribution in [1.82, 2.24) is 15.1 Å². The van der Waals surface area contributed by atoms with E-state index in [1.165, 1.54) is 27.9 Å². The number of amides is 4. The summed E-state index contributed by atoms with van der Waals surface area (Å²) in [4.78, 5) is 56.9. The number of hydrogen-bond acceptors (Lipinski definition) is 7. The molecule has 2 heterocycles. The van der Waals surface area contributed by atoms with Gasteiger partial charge in [-0.05, 0) is 78.9 Å². The first-order valence-electron chi connectivity index (χ1n) is 14.9. The lowest BCUT2D eigenvalue weighted by Crippen LogP contribution is -2.55. The first-order chi connectivity index (χ1) is 20.5. The fourth-order valence-corrected chi connectivity index (χ4v) is 7.46. The highest BCUT2D eigenvalue weighted by Gasteiger charge is 2.52. The Kier molecular flexibility index (Phi) is 9.72. The van der Waals surface area contributed by atoms with Crippen LogP contribution < -0.4 is 10.2 Å². The Morgan fingerprint density at radius 3 is 2.39 bits per heavy atom. The molecule has 2 aliphatic heterocycles. The predicted octanol–water partition coefficient (Wildman–Crippen LogP) is 5.67. The van der Waals surface area contributed by atoms with Crippen molar-refractivity contribution in [3.8, 4) is 0 Å². The second kappa shape index (κ2) is 12.7. The quantitative estimate of drug-likeness (QED) is 0.426. The van der Waals surface area contributed by atoms with E-state index in [-0.39, 0.29) is 36.1 Å². The molecular weight excluding hydrogens is 601 g/mol. The van der Waals surface area contributed by atoms with Gasteiger partial charge in [-0.3, -0.25) is 9.59 Å². The number of methoxy groups -OCH3 is 1. The van der Waals surface area contributed by atoms with Crippen LogP contribution in [0.2, 0.25) is 0 Å². The van der Waals surface area contributed by atoms with Crippen LogP contribution in [0.15, 0.2) is 17.0 Å². The number of carbonyl (C=O) groups is 4. The average molecular weight is 643 g/mol. The summed E-state index contributed by atoms with van der Waals surface area (Å²) >= 11 is 1.12. The first-order valence-corrected chi connectivity index (χ1v) is 15.7. The third-order valence-corrected chi connectivity index (χ3v) is 9.57. The van der Waals surface area contributed by atoms with E-state index in [0.29, 0.717) is 32.2 Å². The van der Waals surface area contributed by atoms with Crippen LogP contribution in [0.25, 0.3) is 0 Å². The predicted molar refractivity (Wildman–Crippen MR) is 159 cm³/mol. The van der Waals surface area contributed by atoms with E-state index < -0.39 is 57.8 Å². The van der Waals surface area contributed by atoms with Crippen molar-refractivity contribution in [1.29, 1.82) is 0 Å². The van der Waals surface area contributed by atoms with Crippen LogP contribution in [0.3, 0.4) is 0 Å². The number of fused-ring (bicyclic) bond motifs is 1. The number of hydrogen-bond donors (Lipinski definition) is 1. The van der Waals surface area contributed by atoms with Gasteiger partial charge >= 0.3 is 18.4 Å². The van der Waals surface area contributed by atoms with Crippen molar-refractivity contribution in [2.45, 2.75) is 100 Å². The SMILES string of the molecule is COC(=O)NCCN1C(=O)C2(CCC2)Sc2cc(C(F)(F)F)c(C(=O)N(C(C)C)[C@@H]3CCCN(C(=O)OC(C)(C)C)C3)cc21. The van der Waals surface area contributed by atoms with Gasteiger partial charge in [0.2, 0.25) is 5.91 Å². The number of nitrogens with zero attached hydrogens (tertiary/aromatic N) is 3. The number of nitrogens with one attached hydrogen (secondary N) is 1. The summed E-state index contributed by atoms with van der Waals surface area (Å²) in [5, 5.41) is 2.51. The summed E-state index contributed by atoms with van der Waals surface area (Å²) in [6.45, 7) is 9.20. The maximum absolute atomic E-state index is 14.6. The van der Waals surface area contributed by atoms with Crippen molar-refractivity contribution in [3.63, 3.8) is 0 Å². The van der Waals surface area contributed by atoms with Gasteiger partial charge in [-0.2, -0.15) is 13.2 Å². The van der Waals surface area contributed by atoms with E-state index in [1.807, 2.05) is 0 Å². The van der Waals surface area contributed by atoms with Gasteiger partial charge in [-0.1, -0.05) is 0 Å². The second-order valence-corrected chi connectivity index (χ2v) is 14.1. The molecule has 0 unspecified atom stereocenters. The van der Waals surface area contributed by atoms with Crippen molar-refractivity contribution < 1.29 is 41.8 Å². The molecule has 1 spiro atoms. The number of halogens is 3. The normalized spacial score (nSPS) is 19.8. The number of likely N-dealkylation sites (tertiary alicyclic amines) is 1. The molecule has 0 bridgehead atoms. The first kappa shape index (κ1) is 33.7. The summed E-state index contributed by atoms with van der Waals surface area (Å²) in [5.74, 6) is -1.09. The molecule has 2 fully saturated rings. The molecule has 4 amide bonds. The van der Waals surface area contributed by atoms with E-state index in [4.69, 9.17) is 4.74 Å². The number of alkyl carbamates (subject to hydrolysis) is 1. The lowest BCUT2D eigenvalue weighted by molar-refractivity contribution is -0.138. The molecule has 3 aliphatic rings. The number of benzene rings is 1. The number of piperidine rings is 1. The standard InChI is InChI=1S/C30H41F3N4O6S/c1-18(2)37(19-9-7-13-35(17-19)27(41)43-28(3,4)5)24(38)20-15-22-23(16-21(20)30(31,32)33)44-29(10-8-11-29)25(39)36(22)14-12-34-26(40)42-6/h15-16,18-19H,7-14,17H2,1-6H3,(H,34,40)/t19-/m1/s1. The van der Waals surface area contributed by atoms with E-state index >= 15 is 0 Å². The monoisotopic (exact) mass is 642 g/mol. The minimum absolute atomic E-state index is 0.00357. The number of carbonyl (C=O) groups excluding carboxylic acids is 4. The Morgan fingerprint density at radius 1 is 1.16 bits per heavy atom. The third kappa shape index (κ3) is 7.05. The van der Waals surface area contributed by atoms with Gasteiger partial charge in [-0.15, -0.1) is 11.8 Å². The zero-order valence-electron chi connectivity index (χ0n) is 26.0. The van der Waals surface area contributed by atoms with Crippen LogP contribution >= 0.6 is 11.8 Å². The smallest absolute Gasteiger partial charge is 0.417 e. The average Bonchev–Trinajstić information content (AvgIpc) is 2.90. The molecular formula is C30H41F3N4O6S. The Balaban J connectivity index is 1.73. The minimum Gasteiger partial charge on any atom is -0.453 e. The Labute approximate surface area is 259 Å². The van der Waals surface area contributed by atoms with Crippen molar-refractivity contribution in [3.05, 3.63) is 23.3 Å². The van der Waals surface area contributed by atoms with E-state index in [0.717, 1.165) is 24.2 Å². The summed E-state index contributed by atoms with van der Waals surface area (Å²) in [6.07, 6.45) is -3.22. The summed E-state index contributed by atoms with van der Waals surface area (Å²) in [5.41, 5.74) is -2.17. The molecule has 0 radical (unpaired) electrons. The molecule has 244 valence electrons. The van der Waals surface area contributed by atoms with Crippen LogP contribution in [0, 0.1) is 0 Å². The Bertz CT molecular complexity index is 1290. The van der Waals surface area contributed by atoms with Crippen LogP contribution in [0.5, 0.6) is 0 Å². The highest BCUT2D eigenvalue weighted by Crippen LogP contribution is 2.56. The van der Waals surface area contributed by atoms with Gasteiger partial charge in [-0.25, -0.2) is 9.59 Å². The summed E-state index contributed by atoms with van der Waals surface area (Å²) in [6, 6.07) is 1.11. The summed E-state index contributed by atoms with van der Waals surface area (Å²) < 4.78 is 53.1. The molecule has 10 nitrogen and oxygen atoms in total. The number of alkyl halides is 3. The second-order valence-electron chi connectivity index (χ2n) is 12.7. The Morgan fingerprint density at radius 2 is 1.84 bits per heavy atom. The zero-order valence-corrected chi connectivity index (χ0v) is 26.8. The van der Waals surface area contributed by atoms with Crippen molar-refractivity contribution in [2.75, 3.05) is 38.2 Å². The third-order valence-electron chi connectivity index (χ3n) is 8.05. The van der Waals surface area contributed by atoms with E-state index in [2.05, 4.69) is 10.1 Å². The molecule has 1 aliphatic carbocycles. The zero-order chi connectivity index (χ0) is 32.6. The number of anilines is 1. The molecule has 44 heavy (non-hydrogen) atoms. The van der Waals surface area contributed by atoms with Gasteiger partial charge in [0.1, 0.15) is 5.60 Å². The molecule has 1 atom stereocenters.